The van der Waals surface area contributed by atoms with Crippen LogP contribution in [0.2, 0.25) is 0 Å². The van der Waals surface area contributed by atoms with Gasteiger partial charge in [0.15, 0.2) is 0 Å². The van der Waals surface area contributed by atoms with Crippen molar-refractivity contribution in [3.8, 4) is 0 Å². The molecule has 2 bridgehead atoms. The van der Waals surface area contributed by atoms with Gasteiger partial charge in [-0.25, -0.2) is 11.1 Å². The first-order chi connectivity index (χ1) is 6.04. The number of rotatable bonds is 2. The van der Waals surface area contributed by atoms with Gasteiger partial charge in [-0.05, 0) is 51.0 Å². The Morgan fingerprint density at radius 3 is 1.85 bits per heavy atom. The maximum Gasteiger partial charge on any atom is 0.0267 e. The van der Waals surface area contributed by atoms with E-state index in [4.69, 9.17) is 5.73 Å². The molecular formula is C10H22N2S. The van der Waals surface area contributed by atoms with Gasteiger partial charge in [0.2, 0.25) is 0 Å². The van der Waals surface area contributed by atoms with Crippen LogP contribution < -0.4 is 10.5 Å². The Labute approximate surface area is 84.1 Å². The average molecular weight is 202 g/mol. The van der Waals surface area contributed by atoms with Crippen molar-refractivity contribution in [2.45, 2.75) is 49.6 Å². The maximum absolute atomic E-state index is 6.26. The van der Waals surface area contributed by atoms with E-state index in [1.165, 1.54) is 38.5 Å². The number of hydrogen-bond acceptors (Lipinski definition) is 2. The first-order valence-electron chi connectivity index (χ1n) is 5.28. The summed E-state index contributed by atoms with van der Waals surface area (Å²) in [6, 6.07) is 0. The minimum atomic E-state index is 0.0395. The highest BCUT2D eigenvalue weighted by atomic mass is 32.2. The van der Waals surface area contributed by atoms with Gasteiger partial charge in [0.25, 0.3) is 0 Å². The number of hydrogen-bond donors (Lipinski definition) is 3. The Morgan fingerprint density at radius 1 is 1.00 bits per heavy atom. The van der Waals surface area contributed by atoms with Gasteiger partial charge in [-0.15, -0.1) is 0 Å². The molecule has 0 radical (unpaired) electrons. The van der Waals surface area contributed by atoms with E-state index in [9.17, 15) is 0 Å². The van der Waals surface area contributed by atoms with Gasteiger partial charge < -0.3 is 5.73 Å². The van der Waals surface area contributed by atoms with Crippen molar-refractivity contribution < 1.29 is 0 Å². The SMILES string of the molecule is C[SH](C)NC12CCC(N)(CC1)CC2. The second kappa shape index (κ2) is 3.14. The van der Waals surface area contributed by atoms with Crippen LogP contribution in [0.4, 0.5) is 0 Å². The molecule has 78 valence electrons. The molecule has 0 aromatic heterocycles. The molecule has 0 aromatic carbocycles. The van der Waals surface area contributed by atoms with Crippen molar-refractivity contribution >= 4 is 11.1 Å². The molecule has 0 heterocycles. The van der Waals surface area contributed by atoms with Crippen LogP contribution in [0.5, 0.6) is 0 Å². The first-order valence-corrected chi connectivity index (χ1v) is 7.51. The fourth-order valence-electron chi connectivity index (χ4n) is 2.86. The molecule has 0 aromatic rings. The quantitative estimate of drug-likeness (QED) is 0.595. The Hall–Kier alpha value is 0.270. The van der Waals surface area contributed by atoms with Gasteiger partial charge in [-0.3, -0.25) is 4.72 Å². The lowest BCUT2D eigenvalue weighted by molar-refractivity contribution is 0.102. The van der Waals surface area contributed by atoms with E-state index in [1.807, 2.05) is 0 Å². The molecule has 0 spiro atoms. The minimum absolute atomic E-state index is 0.0395. The summed E-state index contributed by atoms with van der Waals surface area (Å²) < 4.78 is 3.81. The lowest BCUT2D eigenvalue weighted by atomic mass is 9.62. The fourth-order valence-corrected chi connectivity index (χ4v) is 4.14. The third-order valence-electron chi connectivity index (χ3n) is 3.77. The van der Waals surface area contributed by atoms with Gasteiger partial charge in [0.05, 0.1) is 0 Å². The van der Waals surface area contributed by atoms with Gasteiger partial charge >= 0.3 is 0 Å². The van der Waals surface area contributed by atoms with E-state index in [0.29, 0.717) is 5.54 Å². The molecule has 3 aliphatic carbocycles. The normalized spacial score (nSPS) is 45.0. The Kier molecular flexibility index (Phi) is 2.37. The van der Waals surface area contributed by atoms with E-state index >= 15 is 0 Å². The average Bonchev–Trinajstić information content (AvgIpc) is 2.07. The van der Waals surface area contributed by atoms with Crippen molar-refractivity contribution in [1.29, 1.82) is 0 Å². The van der Waals surface area contributed by atoms with E-state index in [-0.39, 0.29) is 16.6 Å². The molecular weight excluding hydrogens is 180 g/mol. The maximum atomic E-state index is 6.26. The summed E-state index contributed by atoms with van der Waals surface area (Å²) in [5, 5.41) is 0. The van der Waals surface area contributed by atoms with E-state index in [2.05, 4.69) is 17.2 Å². The summed E-state index contributed by atoms with van der Waals surface area (Å²) >= 11 is 0.0395. The van der Waals surface area contributed by atoms with Crippen molar-refractivity contribution in [2.75, 3.05) is 12.5 Å². The smallest absolute Gasteiger partial charge is 0.0267 e. The lowest BCUT2D eigenvalue weighted by Crippen LogP contribution is -2.59. The molecule has 0 unspecified atom stereocenters. The van der Waals surface area contributed by atoms with Crippen LogP contribution in [-0.2, 0) is 0 Å². The molecule has 0 aliphatic heterocycles. The van der Waals surface area contributed by atoms with Crippen LogP contribution in [-0.4, -0.2) is 23.6 Å². The molecule has 3 fully saturated rings. The summed E-state index contributed by atoms with van der Waals surface area (Å²) in [5.74, 6) is 0. The topological polar surface area (TPSA) is 38.0 Å². The minimum Gasteiger partial charge on any atom is -0.325 e. The van der Waals surface area contributed by atoms with Crippen LogP contribution in [0, 0.1) is 0 Å². The van der Waals surface area contributed by atoms with E-state index in [1.54, 1.807) is 0 Å². The number of nitrogens with two attached hydrogens (primary N) is 1. The third-order valence-corrected chi connectivity index (χ3v) is 4.69. The molecule has 3 N–H and O–H groups in total. The standard InChI is InChI=1S/C10H22N2S/c1-13(2)12-10-6-3-9(11,4-7-10)5-8-10/h12-13H,3-8,11H2,1-2H3. The molecule has 3 heteroatoms. The van der Waals surface area contributed by atoms with Crippen molar-refractivity contribution in [2.24, 2.45) is 5.73 Å². The second-order valence-electron chi connectivity index (χ2n) is 5.15. The summed E-state index contributed by atoms with van der Waals surface area (Å²) in [7, 11) is 0. The van der Waals surface area contributed by atoms with Crippen LogP contribution in [0.1, 0.15) is 38.5 Å². The molecule has 0 saturated heterocycles. The highest BCUT2D eigenvalue weighted by Gasteiger charge is 2.46. The third kappa shape index (κ3) is 1.88. The molecule has 0 amide bonds. The Morgan fingerprint density at radius 2 is 1.46 bits per heavy atom. The summed E-state index contributed by atoms with van der Waals surface area (Å²) in [5.41, 5.74) is 6.96. The molecule has 2 nitrogen and oxygen atoms in total. The molecule has 13 heavy (non-hydrogen) atoms. The molecule has 3 saturated carbocycles. The zero-order valence-corrected chi connectivity index (χ0v) is 9.66. The second-order valence-corrected chi connectivity index (χ2v) is 7.16. The highest BCUT2D eigenvalue weighted by Crippen LogP contribution is 2.46. The Bertz CT molecular complexity index is 179. The molecule has 3 aliphatic rings. The lowest BCUT2D eigenvalue weighted by Gasteiger charge is -2.53. The van der Waals surface area contributed by atoms with Gasteiger partial charge in [-0.2, -0.15) is 0 Å². The molecule has 0 atom stereocenters. The summed E-state index contributed by atoms with van der Waals surface area (Å²) in [6.45, 7) is 0. The van der Waals surface area contributed by atoms with Gasteiger partial charge in [-0.1, -0.05) is 0 Å². The van der Waals surface area contributed by atoms with Crippen LogP contribution in [0.3, 0.4) is 0 Å². The molecule has 3 rings (SSSR count). The number of fused-ring (bicyclic) bond motifs is 3. The first kappa shape index (κ1) is 9.81. The number of thiol groups is 1. The van der Waals surface area contributed by atoms with Gasteiger partial charge in [0, 0.05) is 11.1 Å². The number of nitrogens with one attached hydrogen (secondary N) is 1. The van der Waals surface area contributed by atoms with Crippen molar-refractivity contribution in [1.82, 2.24) is 4.72 Å². The fraction of sp³-hybridized carbons (Fsp3) is 1.00. The van der Waals surface area contributed by atoms with Crippen molar-refractivity contribution in [3.63, 3.8) is 0 Å². The van der Waals surface area contributed by atoms with Crippen LogP contribution in [0.25, 0.3) is 0 Å². The van der Waals surface area contributed by atoms with Crippen LogP contribution in [0.15, 0.2) is 0 Å². The zero-order valence-electron chi connectivity index (χ0n) is 8.77. The van der Waals surface area contributed by atoms with E-state index < -0.39 is 0 Å². The largest absolute Gasteiger partial charge is 0.325 e. The van der Waals surface area contributed by atoms with E-state index in [0.717, 1.165) is 0 Å². The summed E-state index contributed by atoms with van der Waals surface area (Å²) in [6.07, 6.45) is 12.3. The van der Waals surface area contributed by atoms with Crippen LogP contribution >= 0.6 is 11.1 Å². The van der Waals surface area contributed by atoms with Crippen molar-refractivity contribution in [3.05, 3.63) is 0 Å². The predicted molar refractivity (Wildman–Crippen MR) is 61.3 cm³/mol. The predicted octanol–water partition coefficient (Wildman–Crippen LogP) is 1.56. The highest BCUT2D eigenvalue weighted by molar-refractivity contribution is 8.14. The van der Waals surface area contributed by atoms with Gasteiger partial charge in [0.1, 0.15) is 0 Å². The zero-order chi connectivity index (χ0) is 9.53. The summed E-state index contributed by atoms with van der Waals surface area (Å²) in [4.78, 5) is 0. The Balaban J connectivity index is 2.03. The monoisotopic (exact) mass is 202 g/mol.